The van der Waals surface area contributed by atoms with Crippen molar-refractivity contribution in [2.45, 2.75) is 76.9 Å². The topological polar surface area (TPSA) is 87.7 Å². The summed E-state index contributed by atoms with van der Waals surface area (Å²) in [5, 5.41) is 3.13. The van der Waals surface area contributed by atoms with Gasteiger partial charge in [-0.05, 0) is 71.6 Å². The predicted molar refractivity (Wildman–Crippen MR) is 125 cm³/mol. The van der Waals surface area contributed by atoms with Crippen molar-refractivity contribution in [3.8, 4) is 0 Å². The summed E-state index contributed by atoms with van der Waals surface area (Å²) in [6.07, 6.45) is 2.92. The Morgan fingerprint density at radius 2 is 1.74 bits per heavy atom. The maximum Gasteiger partial charge on any atom is 0.227 e. The maximum atomic E-state index is 12.7. The van der Waals surface area contributed by atoms with Gasteiger partial charge >= 0.3 is 0 Å². The van der Waals surface area contributed by atoms with Gasteiger partial charge in [-0.3, -0.25) is 4.79 Å². The lowest BCUT2D eigenvalue weighted by molar-refractivity contribution is -0.120. The number of benzene rings is 1. The van der Waals surface area contributed by atoms with Gasteiger partial charge in [0, 0.05) is 30.7 Å². The molecule has 2 N–H and O–H groups in total. The lowest BCUT2D eigenvalue weighted by Gasteiger charge is -2.37. The van der Waals surface area contributed by atoms with E-state index in [0.29, 0.717) is 36.4 Å². The number of rotatable bonds is 6. The molecule has 0 unspecified atom stereocenters. The van der Waals surface area contributed by atoms with E-state index in [4.69, 9.17) is 16.3 Å². The van der Waals surface area contributed by atoms with Gasteiger partial charge in [-0.25, -0.2) is 13.1 Å². The van der Waals surface area contributed by atoms with Crippen LogP contribution in [0.5, 0.6) is 0 Å². The van der Waals surface area contributed by atoms with Crippen molar-refractivity contribution in [2.75, 3.05) is 23.3 Å². The molecule has 1 saturated heterocycles. The Bertz CT molecular complexity index is 875. The van der Waals surface area contributed by atoms with Crippen molar-refractivity contribution >= 4 is 38.9 Å². The summed E-state index contributed by atoms with van der Waals surface area (Å²) in [7, 11) is -3.29. The van der Waals surface area contributed by atoms with Gasteiger partial charge in [-0.1, -0.05) is 11.6 Å². The van der Waals surface area contributed by atoms with E-state index in [9.17, 15) is 13.2 Å². The molecular weight excluding hydrogens is 438 g/mol. The van der Waals surface area contributed by atoms with E-state index in [-0.39, 0.29) is 30.1 Å². The van der Waals surface area contributed by atoms with E-state index in [1.807, 2.05) is 26.0 Å². The quantitative estimate of drug-likeness (QED) is 0.659. The fourth-order valence-electron chi connectivity index (χ4n) is 4.30. The Labute approximate surface area is 190 Å². The number of ether oxygens (including phenoxy) is 1. The molecule has 1 aliphatic carbocycles. The van der Waals surface area contributed by atoms with E-state index in [2.05, 4.69) is 14.9 Å². The number of hydrogen-bond acceptors (Lipinski definition) is 5. The highest BCUT2D eigenvalue weighted by Crippen LogP contribution is 2.32. The predicted octanol–water partition coefficient (Wildman–Crippen LogP) is 3.78. The first kappa shape index (κ1) is 24.3. The van der Waals surface area contributed by atoms with Crippen molar-refractivity contribution in [1.29, 1.82) is 0 Å². The van der Waals surface area contributed by atoms with Gasteiger partial charge in [0.05, 0.1) is 28.2 Å². The number of sulfonamides is 1. The van der Waals surface area contributed by atoms with E-state index in [1.54, 1.807) is 19.9 Å². The van der Waals surface area contributed by atoms with Crippen molar-refractivity contribution < 1.29 is 17.9 Å². The third-order valence-electron chi connectivity index (χ3n) is 6.03. The smallest absolute Gasteiger partial charge is 0.227 e. The van der Waals surface area contributed by atoms with Gasteiger partial charge in [0.15, 0.2) is 0 Å². The fraction of sp³-hybridized carbons (Fsp3) is 0.682. The van der Waals surface area contributed by atoms with Crippen LogP contribution in [0.1, 0.15) is 53.4 Å². The van der Waals surface area contributed by atoms with Crippen molar-refractivity contribution in [2.24, 2.45) is 5.92 Å². The Morgan fingerprint density at radius 3 is 2.29 bits per heavy atom. The summed E-state index contributed by atoms with van der Waals surface area (Å²) in [6, 6.07) is 5.53. The zero-order valence-corrected chi connectivity index (χ0v) is 20.3. The Hall–Kier alpha value is -1.35. The van der Waals surface area contributed by atoms with Gasteiger partial charge in [0.25, 0.3) is 0 Å². The monoisotopic (exact) mass is 471 g/mol. The lowest BCUT2D eigenvalue weighted by Crippen LogP contribution is -2.45. The minimum absolute atomic E-state index is 0.0393. The number of morpholine rings is 1. The minimum Gasteiger partial charge on any atom is -0.372 e. The third-order valence-corrected chi connectivity index (χ3v) is 8.23. The summed E-state index contributed by atoms with van der Waals surface area (Å²) >= 11 is 6.53. The number of anilines is 2. The van der Waals surface area contributed by atoms with Gasteiger partial charge in [0.2, 0.25) is 15.9 Å². The summed E-state index contributed by atoms with van der Waals surface area (Å²) < 4.78 is 32.7. The molecule has 1 aromatic carbocycles. The summed E-state index contributed by atoms with van der Waals surface area (Å²) in [4.78, 5) is 14.9. The number of nitrogens with one attached hydrogen (secondary N) is 2. The highest BCUT2D eigenvalue weighted by molar-refractivity contribution is 7.90. The van der Waals surface area contributed by atoms with E-state index >= 15 is 0 Å². The summed E-state index contributed by atoms with van der Waals surface area (Å²) in [5.74, 6) is -0.165. The zero-order chi connectivity index (χ0) is 22.8. The van der Waals surface area contributed by atoms with Crippen LogP contribution in [0.15, 0.2) is 18.2 Å². The van der Waals surface area contributed by atoms with E-state index in [1.165, 1.54) is 0 Å². The average molecular weight is 472 g/mol. The van der Waals surface area contributed by atoms with Gasteiger partial charge in [0.1, 0.15) is 0 Å². The number of carbonyl (C=O) groups is 1. The molecule has 0 spiro atoms. The number of amides is 1. The van der Waals surface area contributed by atoms with Crippen LogP contribution < -0.4 is 14.9 Å². The highest BCUT2D eigenvalue weighted by Gasteiger charge is 2.30. The molecule has 3 rings (SSSR count). The Kier molecular flexibility index (Phi) is 7.89. The number of nitrogens with zero attached hydrogens (tertiary/aromatic N) is 1. The molecule has 1 saturated carbocycles. The second-order valence-corrected chi connectivity index (χ2v) is 11.8. The molecule has 9 heteroatoms. The van der Waals surface area contributed by atoms with E-state index < -0.39 is 15.3 Å². The Morgan fingerprint density at radius 1 is 1.13 bits per heavy atom. The fourth-order valence-corrected chi connectivity index (χ4v) is 5.57. The molecule has 7 nitrogen and oxygen atoms in total. The Balaban J connectivity index is 1.55. The molecule has 0 radical (unpaired) electrons. The van der Waals surface area contributed by atoms with Crippen LogP contribution in [0.4, 0.5) is 11.4 Å². The zero-order valence-electron chi connectivity index (χ0n) is 18.7. The molecule has 0 bridgehead atoms. The third kappa shape index (κ3) is 6.34. The van der Waals surface area contributed by atoms with Gasteiger partial charge in [-0.15, -0.1) is 0 Å². The molecule has 174 valence electrons. The molecule has 2 fully saturated rings. The normalized spacial score (nSPS) is 27.4. The highest BCUT2D eigenvalue weighted by atomic mass is 35.5. The maximum absolute atomic E-state index is 12.7. The molecule has 31 heavy (non-hydrogen) atoms. The second kappa shape index (κ2) is 10.1. The molecule has 0 aromatic heterocycles. The van der Waals surface area contributed by atoms with Crippen LogP contribution in [-0.2, 0) is 19.6 Å². The van der Waals surface area contributed by atoms with Crippen LogP contribution in [-0.4, -0.2) is 50.9 Å². The van der Waals surface area contributed by atoms with Gasteiger partial charge < -0.3 is 15.0 Å². The number of carbonyl (C=O) groups excluding carboxylic acids is 1. The number of halogens is 1. The lowest BCUT2D eigenvalue weighted by atomic mass is 9.86. The van der Waals surface area contributed by atoms with Crippen LogP contribution in [0.2, 0.25) is 5.02 Å². The molecule has 2 aliphatic rings. The van der Waals surface area contributed by atoms with Crippen molar-refractivity contribution in [3.63, 3.8) is 0 Å². The largest absolute Gasteiger partial charge is 0.372 e. The SMILES string of the molecule is CC(C)S(=O)(=O)N[C@H]1CC[C@H](C(=O)Nc2ccc(N3C[C@@H](C)O[C@@H](C)C3)c(Cl)c2)CC1. The molecule has 2 atom stereocenters. The summed E-state index contributed by atoms with van der Waals surface area (Å²) in [6.45, 7) is 8.98. The molecule has 1 aromatic rings. The first-order valence-electron chi connectivity index (χ1n) is 11.1. The van der Waals surface area contributed by atoms with Crippen molar-refractivity contribution in [3.05, 3.63) is 23.2 Å². The van der Waals surface area contributed by atoms with Crippen LogP contribution in [0.3, 0.4) is 0 Å². The first-order chi connectivity index (χ1) is 14.5. The molecule has 1 aliphatic heterocycles. The van der Waals surface area contributed by atoms with Crippen LogP contribution in [0, 0.1) is 5.92 Å². The molecule has 1 amide bonds. The first-order valence-corrected chi connectivity index (χ1v) is 13.0. The average Bonchev–Trinajstić information content (AvgIpc) is 2.67. The summed E-state index contributed by atoms with van der Waals surface area (Å²) in [5.41, 5.74) is 1.62. The van der Waals surface area contributed by atoms with Crippen LogP contribution in [0.25, 0.3) is 0 Å². The second-order valence-electron chi connectivity index (χ2n) is 9.08. The standard InChI is InChI=1S/C22H34ClN3O4S/c1-14(2)31(28,29)25-18-7-5-17(6-8-18)22(27)24-19-9-10-21(20(23)11-19)26-12-15(3)30-16(4)13-26/h9-11,14-18,25H,5-8,12-13H2,1-4H3,(H,24,27)/t15-,16+,17-,18-. The molecular formula is C22H34ClN3O4S. The number of hydrogen-bond donors (Lipinski definition) is 2. The van der Waals surface area contributed by atoms with E-state index in [0.717, 1.165) is 18.8 Å². The minimum atomic E-state index is -3.29. The van der Waals surface area contributed by atoms with Crippen LogP contribution >= 0.6 is 11.6 Å². The van der Waals surface area contributed by atoms with Gasteiger partial charge in [-0.2, -0.15) is 0 Å². The molecule has 1 heterocycles. The van der Waals surface area contributed by atoms with Crippen molar-refractivity contribution in [1.82, 2.24) is 4.72 Å².